The van der Waals surface area contributed by atoms with E-state index in [0.29, 0.717) is 19.6 Å². The maximum Gasteiger partial charge on any atom is 0.410 e. The van der Waals surface area contributed by atoms with Crippen molar-refractivity contribution in [3.63, 3.8) is 0 Å². The van der Waals surface area contributed by atoms with Crippen molar-refractivity contribution in [1.29, 1.82) is 0 Å². The first kappa shape index (κ1) is 16.8. The van der Waals surface area contributed by atoms with Gasteiger partial charge in [-0.15, -0.1) is 11.5 Å². The molecule has 20 heavy (non-hydrogen) atoms. The minimum Gasteiger partial charge on any atom is -0.450 e. The highest BCUT2D eigenvalue weighted by molar-refractivity contribution is 6.83. The number of hydrogen-bond acceptors (Lipinski definition) is 3. The van der Waals surface area contributed by atoms with E-state index >= 15 is 0 Å². The van der Waals surface area contributed by atoms with Crippen LogP contribution >= 0.6 is 0 Å². The van der Waals surface area contributed by atoms with Crippen molar-refractivity contribution in [3.8, 4) is 11.5 Å². The lowest BCUT2D eigenvalue weighted by atomic mass is 9.93. The molecule has 4 nitrogen and oxygen atoms in total. The molecule has 0 aromatic heterocycles. The van der Waals surface area contributed by atoms with Gasteiger partial charge >= 0.3 is 6.09 Å². The van der Waals surface area contributed by atoms with Crippen LogP contribution in [0, 0.1) is 17.4 Å². The fourth-order valence-electron chi connectivity index (χ4n) is 2.19. The lowest BCUT2D eigenvalue weighted by Gasteiger charge is -2.30. The molecule has 1 aliphatic heterocycles. The summed E-state index contributed by atoms with van der Waals surface area (Å²) in [6.45, 7) is 9.56. The highest BCUT2D eigenvalue weighted by Gasteiger charge is 2.28. The molecule has 0 aliphatic carbocycles. The molecule has 0 radical (unpaired) electrons. The monoisotopic (exact) mass is 295 g/mol. The summed E-state index contributed by atoms with van der Waals surface area (Å²) in [6, 6.07) is 0. The average molecular weight is 295 g/mol. The summed E-state index contributed by atoms with van der Waals surface area (Å²) in [5, 5.41) is 0. The number of ketones is 1. The van der Waals surface area contributed by atoms with Crippen LogP contribution in [0.4, 0.5) is 4.79 Å². The lowest BCUT2D eigenvalue weighted by molar-refractivity contribution is -0.123. The maximum absolute atomic E-state index is 11.7. The van der Waals surface area contributed by atoms with Gasteiger partial charge in [0, 0.05) is 19.4 Å². The van der Waals surface area contributed by atoms with Crippen LogP contribution in [0.1, 0.15) is 26.2 Å². The second kappa shape index (κ2) is 7.49. The second-order valence-corrected chi connectivity index (χ2v) is 11.0. The minimum absolute atomic E-state index is 0.118. The van der Waals surface area contributed by atoms with Crippen molar-refractivity contribution in [2.24, 2.45) is 5.92 Å². The standard InChI is InChI=1S/C15H25NO3Si/c1-5-19-15(18)16-11-13(10-14(17)12-16)8-6-7-9-20(2,3)4/h13H,5-6,8,10-12H2,1-4H3. The third-order valence-corrected chi connectivity index (χ3v) is 3.96. The summed E-state index contributed by atoms with van der Waals surface area (Å²) in [4.78, 5) is 24.9. The second-order valence-electron chi connectivity index (χ2n) is 6.28. The predicted molar refractivity (Wildman–Crippen MR) is 82.1 cm³/mol. The summed E-state index contributed by atoms with van der Waals surface area (Å²) < 4.78 is 4.96. The number of rotatable bonds is 3. The number of likely N-dealkylation sites (tertiary alicyclic amines) is 1. The van der Waals surface area contributed by atoms with E-state index in [1.54, 1.807) is 6.92 Å². The predicted octanol–water partition coefficient (Wildman–Crippen LogP) is 2.69. The highest BCUT2D eigenvalue weighted by atomic mass is 28.3. The summed E-state index contributed by atoms with van der Waals surface area (Å²) in [7, 11) is -1.31. The van der Waals surface area contributed by atoms with Crippen LogP contribution in [0.2, 0.25) is 19.6 Å². The minimum atomic E-state index is -1.31. The first-order valence-corrected chi connectivity index (χ1v) is 10.7. The van der Waals surface area contributed by atoms with Gasteiger partial charge in [0.05, 0.1) is 13.2 Å². The Bertz CT molecular complexity index is 417. The molecule has 0 N–H and O–H groups in total. The number of carbonyl (C=O) groups excluding carboxylic acids is 2. The molecule has 5 heteroatoms. The van der Waals surface area contributed by atoms with Gasteiger partial charge in [0.25, 0.3) is 0 Å². The van der Waals surface area contributed by atoms with Crippen molar-refractivity contribution in [2.75, 3.05) is 19.7 Å². The van der Waals surface area contributed by atoms with Gasteiger partial charge in [-0.25, -0.2) is 4.79 Å². The van der Waals surface area contributed by atoms with Gasteiger partial charge in [0.2, 0.25) is 0 Å². The Morgan fingerprint density at radius 3 is 2.75 bits per heavy atom. The number of Topliss-reactive ketones (excluding diaryl/α,β-unsaturated/α-hetero) is 1. The molecule has 1 unspecified atom stereocenters. The van der Waals surface area contributed by atoms with Gasteiger partial charge in [-0.2, -0.15) is 0 Å². The van der Waals surface area contributed by atoms with E-state index < -0.39 is 8.07 Å². The summed E-state index contributed by atoms with van der Waals surface area (Å²) >= 11 is 0. The number of amides is 1. The fraction of sp³-hybridized carbons (Fsp3) is 0.733. The summed E-state index contributed by atoms with van der Waals surface area (Å²) in [5.41, 5.74) is 3.33. The summed E-state index contributed by atoms with van der Waals surface area (Å²) in [5.74, 6) is 3.56. The molecule has 1 atom stereocenters. The van der Waals surface area contributed by atoms with E-state index in [2.05, 4.69) is 31.1 Å². The number of hydrogen-bond donors (Lipinski definition) is 0. The number of piperidine rings is 1. The zero-order chi connectivity index (χ0) is 15.2. The van der Waals surface area contributed by atoms with E-state index in [9.17, 15) is 9.59 Å². The molecular formula is C15H25NO3Si. The van der Waals surface area contributed by atoms with Gasteiger partial charge in [-0.1, -0.05) is 19.6 Å². The third kappa shape index (κ3) is 6.24. The normalized spacial score (nSPS) is 19.3. The first-order chi connectivity index (χ1) is 9.31. The van der Waals surface area contributed by atoms with Crippen LogP contribution in [0.3, 0.4) is 0 Å². The van der Waals surface area contributed by atoms with Crippen molar-refractivity contribution in [2.45, 2.75) is 45.8 Å². The van der Waals surface area contributed by atoms with E-state index in [1.807, 2.05) is 0 Å². The molecule has 1 heterocycles. The van der Waals surface area contributed by atoms with E-state index in [-0.39, 0.29) is 24.3 Å². The van der Waals surface area contributed by atoms with Crippen LogP contribution in [-0.4, -0.2) is 44.5 Å². The van der Waals surface area contributed by atoms with Gasteiger partial charge in [-0.05, 0) is 19.3 Å². The quantitative estimate of drug-likeness (QED) is 0.594. The Hall–Kier alpha value is -1.28. The molecule has 0 aromatic rings. The topological polar surface area (TPSA) is 46.6 Å². The highest BCUT2D eigenvalue weighted by Crippen LogP contribution is 2.19. The number of ether oxygens (including phenoxy) is 1. The first-order valence-electron chi connectivity index (χ1n) is 7.25. The Morgan fingerprint density at radius 1 is 1.45 bits per heavy atom. The van der Waals surface area contributed by atoms with Crippen LogP contribution < -0.4 is 0 Å². The van der Waals surface area contributed by atoms with Crippen LogP contribution in [0.15, 0.2) is 0 Å². The largest absolute Gasteiger partial charge is 0.450 e. The molecular weight excluding hydrogens is 270 g/mol. The SMILES string of the molecule is CCOC(=O)N1CC(=O)CC(CCC#C[Si](C)(C)C)C1. The van der Waals surface area contributed by atoms with Crippen molar-refractivity contribution in [3.05, 3.63) is 0 Å². The molecule has 0 bridgehead atoms. The molecule has 1 fully saturated rings. The van der Waals surface area contributed by atoms with E-state index in [0.717, 1.165) is 12.8 Å². The molecule has 0 aromatic carbocycles. The van der Waals surface area contributed by atoms with E-state index in [1.165, 1.54) is 4.90 Å². The van der Waals surface area contributed by atoms with Gasteiger partial charge < -0.3 is 9.64 Å². The maximum atomic E-state index is 11.7. The Labute approximate surface area is 122 Å². The van der Waals surface area contributed by atoms with Crippen LogP contribution in [0.5, 0.6) is 0 Å². The Morgan fingerprint density at radius 2 is 2.15 bits per heavy atom. The molecule has 1 aliphatic rings. The van der Waals surface area contributed by atoms with Crippen molar-refractivity contribution < 1.29 is 14.3 Å². The van der Waals surface area contributed by atoms with Crippen molar-refractivity contribution in [1.82, 2.24) is 4.90 Å². The third-order valence-electron chi connectivity index (χ3n) is 3.03. The molecule has 1 amide bonds. The van der Waals surface area contributed by atoms with E-state index in [4.69, 9.17) is 4.74 Å². The van der Waals surface area contributed by atoms with Crippen LogP contribution in [-0.2, 0) is 9.53 Å². The van der Waals surface area contributed by atoms with Crippen molar-refractivity contribution >= 4 is 20.0 Å². The lowest BCUT2D eigenvalue weighted by Crippen LogP contribution is -2.44. The van der Waals surface area contributed by atoms with Gasteiger partial charge in [0.15, 0.2) is 5.78 Å². The van der Waals surface area contributed by atoms with Gasteiger partial charge in [-0.3, -0.25) is 4.79 Å². The smallest absolute Gasteiger partial charge is 0.410 e. The molecule has 1 saturated heterocycles. The zero-order valence-electron chi connectivity index (χ0n) is 13.0. The molecule has 0 spiro atoms. The molecule has 1 rings (SSSR count). The average Bonchev–Trinajstić information content (AvgIpc) is 2.33. The van der Waals surface area contributed by atoms with Crippen LogP contribution in [0.25, 0.3) is 0 Å². The van der Waals surface area contributed by atoms with Gasteiger partial charge in [0.1, 0.15) is 8.07 Å². The number of carbonyl (C=O) groups is 2. The number of nitrogens with zero attached hydrogens (tertiary/aromatic N) is 1. The summed E-state index contributed by atoms with van der Waals surface area (Å²) in [6.07, 6.45) is 1.86. The molecule has 112 valence electrons. The Kier molecular flexibility index (Phi) is 6.28. The Balaban J connectivity index is 2.47. The molecule has 0 saturated carbocycles. The zero-order valence-corrected chi connectivity index (χ0v) is 14.0. The fourth-order valence-corrected chi connectivity index (χ4v) is 2.85.